The summed E-state index contributed by atoms with van der Waals surface area (Å²) in [6.45, 7) is 8.51. The lowest BCUT2D eigenvalue weighted by Gasteiger charge is -2.35. The van der Waals surface area contributed by atoms with Crippen molar-refractivity contribution in [2.45, 2.75) is 64.1 Å². The molecular weight excluding hydrogens is 605 g/mol. The molecule has 0 unspecified atom stereocenters. The Labute approximate surface area is 257 Å². The average molecular weight is 639 g/mol. The summed E-state index contributed by atoms with van der Waals surface area (Å²) >= 11 is 18.5. The van der Waals surface area contributed by atoms with Crippen LogP contribution in [0.3, 0.4) is 0 Å². The minimum absolute atomic E-state index is 0.00458. The molecule has 0 radical (unpaired) electrons. The smallest absolute Gasteiger partial charge is 0.264 e. The average Bonchev–Trinajstić information content (AvgIpc) is 2.89. The Morgan fingerprint density at radius 2 is 1.59 bits per heavy atom. The second-order valence-corrected chi connectivity index (χ2v) is 13.8. The van der Waals surface area contributed by atoms with E-state index in [9.17, 15) is 18.0 Å². The van der Waals surface area contributed by atoms with Gasteiger partial charge in [0, 0.05) is 17.1 Å². The topological polar surface area (TPSA) is 86.8 Å². The molecule has 3 aromatic rings. The zero-order valence-electron chi connectivity index (χ0n) is 23.6. The van der Waals surface area contributed by atoms with Gasteiger partial charge in [-0.05, 0) is 87.7 Å². The van der Waals surface area contributed by atoms with Crippen LogP contribution < -0.4 is 9.62 Å². The van der Waals surface area contributed by atoms with E-state index in [-0.39, 0.29) is 17.3 Å². The van der Waals surface area contributed by atoms with E-state index in [0.29, 0.717) is 38.3 Å². The molecular formula is C30H34Cl3N3O4S. The standard InChI is InChI=1S/C30H34Cl3N3O4S/c1-6-26(29(38)34-30(3,4)5)35(18-21-12-14-24(32)25(33)17-21)28(37)19-36(27-15-13-22(31)16-20(27)2)41(39,40)23-10-8-7-9-11-23/h7-17,26H,6,18-19H2,1-5H3,(H,34,38)/t26-/m0/s1. The SMILES string of the molecule is CC[C@@H](C(=O)NC(C)(C)C)N(Cc1ccc(Cl)c(Cl)c1)C(=O)CN(c1ccc(Cl)cc1C)S(=O)(=O)c1ccccc1. The largest absolute Gasteiger partial charge is 0.350 e. The first-order valence-corrected chi connectivity index (χ1v) is 15.6. The molecule has 0 heterocycles. The van der Waals surface area contributed by atoms with Gasteiger partial charge in [-0.2, -0.15) is 0 Å². The first-order chi connectivity index (χ1) is 19.1. The Morgan fingerprint density at radius 1 is 0.927 bits per heavy atom. The third-order valence-electron chi connectivity index (χ3n) is 6.26. The predicted molar refractivity (Wildman–Crippen MR) is 166 cm³/mol. The third-order valence-corrected chi connectivity index (χ3v) is 9.01. The Hall–Kier alpha value is -2.78. The van der Waals surface area contributed by atoms with Gasteiger partial charge in [-0.1, -0.05) is 66.0 Å². The van der Waals surface area contributed by atoms with Crippen LogP contribution in [0.2, 0.25) is 15.1 Å². The summed E-state index contributed by atoms with van der Waals surface area (Å²) in [4.78, 5) is 29.0. The van der Waals surface area contributed by atoms with Gasteiger partial charge in [0.2, 0.25) is 11.8 Å². The van der Waals surface area contributed by atoms with Crippen molar-refractivity contribution in [3.63, 3.8) is 0 Å². The van der Waals surface area contributed by atoms with E-state index in [0.717, 1.165) is 4.31 Å². The van der Waals surface area contributed by atoms with Crippen LogP contribution in [-0.2, 0) is 26.2 Å². The molecule has 2 amide bonds. The van der Waals surface area contributed by atoms with Crippen LogP contribution in [0.5, 0.6) is 0 Å². The summed E-state index contributed by atoms with van der Waals surface area (Å²) in [7, 11) is -4.18. The first kappa shape index (κ1) is 32.7. The van der Waals surface area contributed by atoms with E-state index in [1.165, 1.54) is 17.0 Å². The van der Waals surface area contributed by atoms with Gasteiger partial charge >= 0.3 is 0 Å². The molecule has 0 aromatic heterocycles. The highest BCUT2D eigenvalue weighted by Crippen LogP contribution is 2.30. The number of benzene rings is 3. The second kappa shape index (κ2) is 13.5. The fourth-order valence-corrected chi connectivity index (χ4v) is 6.39. The minimum Gasteiger partial charge on any atom is -0.350 e. The van der Waals surface area contributed by atoms with Crippen molar-refractivity contribution in [2.24, 2.45) is 0 Å². The molecule has 11 heteroatoms. The fourth-order valence-electron chi connectivity index (χ4n) is 4.34. The fraction of sp³-hybridized carbons (Fsp3) is 0.333. The summed E-state index contributed by atoms with van der Waals surface area (Å²) in [6.07, 6.45) is 0.292. The van der Waals surface area contributed by atoms with Gasteiger partial charge in [0.15, 0.2) is 0 Å². The summed E-state index contributed by atoms with van der Waals surface area (Å²) in [5, 5.41) is 4.02. The van der Waals surface area contributed by atoms with Crippen LogP contribution in [-0.4, -0.2) is 43.3 Å². The number of halogens is 3. The van der Waals surface area contributed by atoms with Gasteiger partial charge in [0.05, 0.1) is 20.6 Å². The summed E-state index contributed by atoms with van der Waals surface area (Å²) in [5.74, 6) is -0.922. The maximum atomic E-state index is 14.2. The monoisotopic (exact) mass is 637 g/mol. The van der Waals surface area contributed by atoms with Crippen molar-refractivity contribution >= 4 is 62.3 Å². The molecule has 3 rings (SSSR count). The molecule has 0 saturated heterocycles. The van der Waals surface area contributed by atoms with E-state index in [1.54, 1.807) is 68.4 Å². The minimum atomic E-state index is -4.18. The van der Waals surface area contributed by atoms with Gasteiger partial charge in [0.25, 0.3) is 10.0 Å². The van der Waals surface area contributed by atoms with Crippen LogP contribution in [0.25, 0.3) is 0 Å². The Morgan fingerprint density at radius 3 is 2.15 bits per heavy atom. The van der Waals surface area contributed by atoms with Crippen LogP contribution in [0.4, 0.5) is 5.69 Å². The number of nitrogens with one attached hydrogen (secondary N) is 1. The zero-order chi connectivity index (χ0) is 30.5. The Bertz CT molecular complexity index is 1510. The summed E-state index contributed by atoms with van der Waals surface area (Å²) in [5.41, 5.74) is 0.952. The zero-order valence-corrected chi connectivity index (χ0v) is 26.7. The molecule has 220 valence electrons. The lowest BCUT2D eigenvalue weighted by atomic mass is 10.1. The number of rotatable bonds is 10. The van der Waals surface area contributed by atoms with E-state index < -0.39 is 34.1 Å². The number of anilines is 1. The lowest BCUT2D eigenvalue weighted by molar-refractivity contribution is -0.141. The third kappa shape index (κ3) is 8.38. The molecule has 1 N–H and O–H groups in total. The molecule has 0 aliphatic heterocycles. The number of hydrogen-bond acceptors (Lipinski definition) is 4. The number of hydrogen-bond donors (Lipinski definition) is 1. The molecule has 0 spiro atoms. The van der Waals surface area contributed by atoms with Gasteiger partial charge < -0.3 is 10.2 Å². The molecule has 0 aliphatic rings. The van der Waals surface area contributed by atoms with Crippen molar-refractivity contribution in [1.82, 2.24) is 10.2 Å². The maximum Gasteiger partial charge on any atom is 0.264 e. The highest BCUT2D eigenvalue weighted by atomic mass is 35.5. The molecule has 0 fully saturated rings. The molecule has 0 saturated carbocycles. The van der Waals surface area contributed by atoms with Gasteiger partial charge in [-0.25, -0.2) is 8.42 Å². The molecule has 7 nitrogen and oxygen atoms in total. The van der Waals surface area contributed by atoms with Crippen LogP contribution in [0.1, 0.15) is 45.2 Å². The molecule has 0 aliphatic carbocycles. The van der Waals surface area contributed by atoms with E-state index >= 15 is 0 Å². The number of aryl methyl sites for hydroxylation is 1. The van der Waals surface area contributed by atoms with E-state index in [2.05, 4.69) is 5.32 Å². The second-order valence-electron chi connectivity index (χ2n) is 10.7. The van der Waals surface area contributed by atoms with Gasteiger partial charge in [-0.15, -0.1) is 0 Å². The van der Waals surface area contributed by atoms with Crippen LogP contribution in [0.15, 0.2) is 71.6 Å². The highest BCUT2D eigenvalue weighted by molar-refractivity contribution is 7.92. The predicted octanol–water partition coefficient (Wildman–Crippen LogP) is 6.87. The van der Waals surface area contributed by atoms with Crippen LogP contribution in [0, 0.1) is 6.92 Å². The number of nitrogens with zero attached hydrogens (tertiary/aromatic N) is 2. The normalized spacial score (nSPS) is 12.5. The van der Waals surface area contributed by atoms with Crippen molar-refractivity contribution in [2.75, 3.05) is 10.8 Å². The Kier molecular flexibility index (Phi) is 10.7. The lowest BCUT2D eigenvalue weighted by Crippen LogP contribution is -2.55. The summed E-state index contributed by atoms with van der Waals surface area (Å²) < 4.78 is 28.9. The van der Waals surface area contributed by atoms with E-state index in [4.69, 9.17) is 34.8 Å². The molecule has 3 aromatic carbocycles. The van der Waals surface area contributed by atoms with E-state index in [1.807, 2.05) is 20.8 Å². The summed E-state index contributed by atoms with van der Waals surface area (Å²) in [6, 6.07) is 16.7. The number of sulfonamides is 1. The number of amides is 2. The van der Waals surface area contributed by atoms with Gasteiger partial charge in [0.1, 0.15) is 12.6 Å². The first-order valence-electron chi connectivity index (χ1n) is 13.0. The highest BCUT2D eigenvalue weighted by Gasteiger charge is 2.35. The molecule has 41 heavy (non-hydrogen) atoms. The number of carbonyl (C=O) groups is 2. The maximum absolute atomic E-state index is 14.2. The van der Waals surface area contributed by atoms with Crippen molar-refractivity contribution in [1.29, 1.82) is 0 Å². The van der Waals surface area contributed by atoms with Crippen molar-refractivity contribution < 1.29 is 18.0 Å². The molecule has 0 bridgehead atoms. The quantitative estimate of drug-likeness (QED) is 0.263. The van der Waals surface area contributed by atoms with Crippen molar-refractivity contribution in [3.8, 4) is 0 Å². The molecule has 1 atom stereocenters. The van der Waals surface area contributed by atoms with Crippen LogP contribution >= 0.6 is 34.8 Å². The Balaban J connectivity index is 2.11. The van der Waals surface area contributed by atoms with Gasteiger partial charge in [-0.3, -0.25) is 13.9 Å². The number of carbonyl (C=O) groups excluding carboxylic acids is 2. The van der Waals surface area contributed by atoms with Crippen molar-refractivity contribution in [3.05, 3.63) is 92.9 Å².